The van der Waals surface area contributed by atoms with Crippen molar-refractivity contribution >= 4 is 11.6 Å². The largest absolute Gasteiger partial charge is 0.482 e. The number of carbonyl (C=O) groups is 1. The maximum absolute atomic E-state index is 11.9. The molecule has 4 nitrogen and oxygen atoms in total. The van der Waals surface area contributed by atoms with E-state index in [0.717, 1.165) is 30.0 Å². The zero-order valence-corrected chi connectivity index (χ0v) is 11.8. The second-order valence-corrected chi connectivity index (χ2v) is 5.33. The number of fused-ring (bicyclic) bond motifs is 1. The number of hydrogen-bond acceptors (Lipinski definition) is 3. The Balaban J connectivity index is 2.38. The van der Waals surface area contributed by atoms with Crippen molar-refractivity contribution in [2.75, 3.05) is 18.1 Å². The van der Waals surface area contributed by atoms with Crippen molar-refractivity contribution in [3.8, 4) is 5.75 Å². The number of carbonyl (C=O) groups excluding carboxylic acids is 1. The Morgan fingerprint density at radius 2 is 2.16 bits per heavy atom. The number of nitrogens with zero attached hydrogens (tertiary/aromatic N) is 1. The molecule has 2 rings (SSSR count). The summed E-state index contributed by atoms with van der Waals surface area (Å²) in [5.41, 5.74) is 8.08. The maximum atomic E-state index is 11.9. The van der Waals surface area contributed by atoms with Gasteiger partial charge in [0, 0.05) is 12.6 Å². The highest BCUT2D eigenvalue weighted by molar-refractivity contribution is 5.97. The first-order valence-corrected chi connectivity index (χ1v) is 6.87. The van der Waals surface area contributed by atoms with Crippen LogP contribution in [0.15, 0.2) is 18.2 Å². The van der Waals surface area contributed by atoms with Crippen molar-refractivity contribution in [1.29, 1.82) is 0 Å². The smallest absolute Gasteiger partial charge is 0.265 e. The molecular formula is C15H22N2O2. The number of ether oxygens (including phenoxy) is 1. The summed E-state index contributed by atoms with van der Waals surface area (Å²) in [5, 5.41) is 0. The van der Waals surface area contributed by atoms with Crippen LogP contribution in [0.2, 0.25) is 0 Å². The SMILES string of the molecule is CCCN1C(=O)COc2ccc(C(N)C(C)C)cc21. The van der Waals surface area contributed by atoms with Gasteiger partial charge in [0.25, 0.3) is 5.91 Å². The van der Waals surface area contributed by atoms with E-state index in [4.69, 9.17) is 10.5 Å². The van der Waals surface area contributed by atoms with Gasteiger partial charge >= 0.3 is 0 Å². The van der Waals surface area contributed by atoms with Crippen LogP contribution in [-0.2, 0) is 4.79 Å². The summed E-state index contributed by atoms with van der Waals surface area (Å²) in [6.45, 7) is 7.09. The number of benzene rings is 1. The first-order chi connectivity index (χ1) is 9.04. The first-order valence-electron chi connectivity index (χ1n) is 6.87. The van der Waals surface area contributed by atoms with Crippen LogP contribution in [0.5, 0.6) is 5.75 Å². The van der Waals surface area contributed by atoms with E-state index in [9.17, 15) is 4.79 Å². The molecule has 0 aromatic heterocycles. The van der Waals surface area contributed by atoms with Crippen molar-refractivity contribution < 1.29 is 9.53 Å². The fourth-order valence-electron chi connectivity index (χ4n) is 2.28. The molecule has 1 aliphatic heterocycles. The lowest BCUT2D eigenvalue weighted by Crippen LogP contribution is -2.39. The van der Waals surface area contributed by atoms with Gasteiger partial charge in [-0.1, -0.05) is 26.8 Å². The average Bonchev–Trinajstić information content (AvgIpc) is 2.40. The van der Waals surface area contributed by atoms with Gasteiger partial charge in [0.15, 0.2) is 6.61 Å². The molecule has 1 aliphatic rings. The number of hydrogen-bond donors (Lipinski definition) is 1. The molecule has 1 aromatic rings. The molecule has 0 saturated heterocycles. The topological polar surface area (TPSA) is 55.6 Å². The molecule has 0 spiro atoms. The van der Waals surface area contributed by atoms with Gasteiger partial charge in [-0.3, -0.25) is 4.79 Å². The van der Waals surface area contributed by atoms with Crippen molar-refractivity contribution in [2.45, 2.75) is 33.2 Å². The van der Waals surface area contributed by atoms with Crippen molar-refractivity contribution in [2.24, 2.45) is 11.7 Å². The number of anilines is 1. The Kier molecular flexibility index (Phi) is 4.10. The lowest BCUT2D eigenvalue weighted by atomic mass is 9.96. The molecule has 2 N–H and O–H groups in total. The van der Waals surface area contributed by atoms with E-state index in [1.54, 1.807) is 4.90 Å². The van der Waals surface area contributed by atoms with E-state index in [2.05, 4.69) is 20.8 Å². The normalized spacial score (nSPS) is 16.3. The van der Waals surface area contributed by atoms with E-state index >= 15 is 0 Å². The van der Waals surface area contributed by atoms with Gasteiger partial charge in [0.1, 0.15) is 5.75 Å². The Labute approximate surface area is 114 Å². The van der Waals surface area contributed by atoms with Gasteiger partial charge in [0.05, 0.1) is 5.69 Å². The Bertz CT molecular complexity index is 471. The molecule has 1 heterocycles. The molecule has 0 bridgehead atoms. The summed E-state index contributed by atoms with van der Waals surface area (Å²) in [6, 6.07) is 5.88. The van der Waals surface area contributed by atoms with Gasteiger partial charge in [-0.05, 0) is 30.0 Å². The molecule has 0 fully saturated rings. The number of rotatable bonds is 4. The summed E-state index contributed by atoms with van der Waals surface area (Å²) >= 11 is 0. The van der Waals surface area contributed by atoms with Crippen LogP contribution in [0.3, 0.4) is 0 Å². The maximum Gasteiger partial charge on any atom is 0.265 e. The minimum absolute atomic E-state index is 0.0182. The zero-order chi connectivity index (χ0) is 14.0. The molecule has 0 radical (unpaired) electrons. The summed E-state index contributed by atoms with van der Waals surface area (Å²) in [5.74, 6) is 1.15. The summed E-state index contributed by atoms with van der Waals surface area (Å²) < 4.78 is 5.48. The zero-order valence-electron chi connectivity index (χ0n) is 11.8. The Morgan fingerprint density at radius 3 is 2.79 bits per heavy atom. The van der Waals surface area contributed by atoms with E-state index in [-0.39, 0.29) is 18.6 Å². The molecule has 0 saturated carbocycles. The van der Waals surface area contributed by atoms with Gasteiger partial charge in [0.2, 0.25) is 0 Å². The van der Waals surface area contributed by atoms with Gasteiger partial charge in [-0.2, -0.15) is 0 Å². The van der Waals surface area contributed by atoms with E-state index in [0.29, 0.717) is 5.92 Å². The third-order valence-electron chi connectivity index (χ3n) is 3.48. The summed E-state index contributed by atoms with van der Waals surface area (Å²) in [7, 11) is 0. The van der Waals surface area contributed by atoms with Gasteiger partial charge in [-0.15, -0.1) is 0 Å². The van der Waals surface area contributed by atoms with Gasteiger partial charge in [-0.25, -0.2) is 0 Å². The van der Waals surface area contributed by atoms with Crippen LogP contribution >= 0.6 is 0 Å². The van der Waals surface area contributed by atoms with Crippen LogP contribution in [-0.4, -0.2) is 19.1 Å². The van der Waals surface area contributed by atoms with Crippen molar-refractivity contribution in [1.82, 2.24) is 0 Å². The Morgan fingerprint density at radius 1 is 1.42 bits per heavy atom. The van der Waals surface area contributed by atoms with Gasteiger partial charge < -0.3 is 15.4 Å². The van der Waals surface area contributed by atoms with Crippen LogP contribution in [0.25, 0.3) is 0 Å². The molecule has 19 heavy (non-hydrogen) atoms. The quantitative estimate of drug-likeness (QED) is 0.907. The minimum atomic E-state index is -0.0224. The van der Waals surface area contributed by atoms with E-state index in [1.807, 2.05) is 18.2 Å². The second kappa shape index (κ2) is 5.61. The van der Waals surface area contributed by atoms with Crippen molar-refractivity contribution in [3.05, 3.63) is 23.8 Å². The minimum Gasteiger partial charge on any atom is -0.482 e. The first kappa shape index (κ1) is 13.9. The molecule has 4 heteroatoms. The Hall–Kier alpha value is -1.55. The lowest BCUT2D eigenvalue weighted by molar-refractivity contribution is -0.121. The third kappa shape index (κ3) is 2.73. The van der Waals surface area contributed by atoms with E-state index < -0.39 is 0 Å². The molecule has 0 aliphatic carbocycles. The van der Waals surface area contributed by atoms with Crippen LogP contribution < -0.4 is 15.4 Å². The summed E-state index contributed by atoms with van der Waals surface area (Å²) in [6.07, 6.45) is 0.922. The average molecular weight is 262 g/mol. The fraction of sp³-hybridized carbons (Fsp3) is 0.533. The lowest BCUT2D eigenvalue weighted by Gasteiger charge is -2.30. The molecule has 1 aromatic carbocycles. The standard InChI is InChI=1S/C15H22N2O2/c1-4-7-17-12-8-11(15(16)10(2)3)5-6-13(12)19-9-14(17)18/h5-6,8,10,15H,4,7,9,16H2,1-3H3. The highest BCUT2D eigenvalue weighted by Crippen LogP contribution is 2.35. The van der Waals surface area contributed by atoms with Crippen LogP contribution in [0.4, 0.5) is 5.69 Å². The predicted octanol–water partition coefficient (Wildman–Crippen LogP) is 2.48. The highest BCUT2D eigenvalue weighted by atomic mass is 16.5. The molecule has 1 unspecified atom stereocenters. The number of nitrogens with two attached hydrogens (primary N) is 1. The fourth-order valence-corrected chi connectivity index (χ4v) is 2.28. The summed E-state index contributed by atoms with van der Waals surface area (Å²) in [4.78, 5) is 13.7. The molecule has 1 amide bonds. The second-order valence-electron chi connectivity index (χ2n) is 5.33. The highest BCUT2D eigenvalue weighted by Gasteiger charge is 2.25. The third-order valence-corrected chi connectivity index (χ3v) is 3.48. The van der Waals surface area contributed by atoms with Crippen molar-refractivity contribution in [3.63, 3.8) is 0 Å². The monoisotopic (exact) mass is 262 g/mol. The molecule has 104 valence electrons. The van der Waals surface area contributed by atoms with Crippen LogP contribution in [0.1, 0.15) is 38.8 Å². The van der Waals surface area contributed by atoms with E-state index in [1.165, 1.54) is 0 Å². The molecule has 1 atom stereocenters. The molecular weight excluding hydrogens is 240 g/mol. The van der Waals surface area contributed by atoms with Crippen LogP contribution in [0, 0.1) is 5.92 Å². The predicted molar refractivity (Wildman–Crippen MR) is 76.3 cm³/mol. The number of amides is 1.